The lowest BCUT2D eigenvalue weighted by molar-refractivity contribution is -0.125. The summed E-state index contributed by atoms with van der Waals surface area (Å²) in [4.78, 5) is 14.8. The molecule has 1 aromatic rings. The Bertz CT molecular complexity index is 676. The van der Waals surface area contributed by atoms with Gasteiger partial charge >= 0.3 is 0 Å². The van der Waals surface area contributed by atoms with Gasteiger partial charge in [-0.15, -0.1) is 0 Å². The highest BCUT2D eigenvalue weighted by molar-refractivity contribution is 5.86. The van der Waals surface area contributed by atoms with Gasteiger partial charge in [0.05, 0.1) is 19.1 Å². The van der Waals surface area contributed by atoms with Gasteiger partial charge in [0.1, 0.15) is 18.1 Å². The molecule has 0 fully saturated rings. The maximum absolute atomic E-state index is 12.6. The van der Waals surface area contributed by atoms with Gasteiger partial charge in [0.25, 0.3) is 0 Å². The van der Waals surface area contributed by atoms with Crippen LogP contribution in [0.25, 0.3) is 5.57 Å². The number of nitrogens with zero attached hydrogens (tertiary/aromatic N) is 1. The van der Waals surface area contributed by atoms with E-state index in [0.29, 0.717) is 13.2 Å². The second kappa shape index (κ2) is 6.13. The molecule has 1 N–H and O–H groups in total. The fourth-order valence-corrected chi connectivity index (χ4v) is 3.32. The summed E-state index contributed by atoms with van der Waals surface area (Å²) in [5.74, 6) is 1.54. The number of carbonyl (C=O) groups is 1. The Balaban J connectivity index is 1.97. The quantitative estimate of drug-likeness (QED) is 0.904. The smallest absolute Gasteiger partial charge is 0.228 e. The van der Waals surface area contributed by atoms with E-state index in [1.807, 2.05) is 46.0 Å². The summed E-state index contributed by atoms with van der Waals surface area (Å²) < 4.78 is 11.3. The van der Waals surface area contributed by atoms with Gasteiger partial charge < -0.3 is 14.8 Å². The Labute approximate surface area is 143 Å². The number of fused-ring (bicyclic) bond motifs is 3. The lowest BCUT2D eigenvalue weighted by atomic mass is 9.86. The van der Waals surface area contributed by atoms with Crippen molar-refractivity contribution in [1.29, 1.82) is 0 Å². The molecule has 0 spiro atoms. The average Bonchev–Trinajstić information content (AvgIpc) is 2.52. The third-order valence-corrected chi connectivity index (χ3v) is 4.49. The van der Waals surface area contributed by atoms with Crippen LogP contribution >= 0.6 is 0 Å². The summed E-state index contributed by atoms with van der Waals surface area (Å²) >= 11 is 0. The van der Waals surface area contributed by atoms with E-state index < -0.39 is 0 Å². The van der Waals surface area contributed by atoms with Gasteiger partial charge in [-0.05, 0) is 51.6 Å². The van der Waals surface area contributed by atoms with E-state index in [1.165, 1.54) is 0 Å². The van der Waals surface area contributed by atoms with Crippen LogP contribution < -0.4 is 14.8 Å². The molecule has 0 aromatic heterocycles. The van der Waals surface area contributed by atoms with Crippen molar-refractivity contribution in [2.24, 2.45) is 5.92 Å². The molecule has 0 radical (unpaired) electrons. The summed E-state index contributed by atoms with van der Waals surface area (Å²) in [5, 5.41) is 3.09. The van der Waals surface area contributed by atoms with Crippen molar-refractivity contribution in [3.63, 3.8) is 0 Å². The minimum Gasteiger partial charge on any atom is -0.497 e. The Morgan fingerprint density at radius 2 is 2.12 bits per heavy atom. The van der Waals surface area contributed by atoms with E-state index >= 15 is 0 Å². The first-order chi connectivity index (χ1) is 11.3. The maximum atomic E-state index is 12.6. The molecule has 1 amide bonds. The monoisotopic (exact) mass is 330 g/mol. The zero-order chi connectivity index (χ0) is 17.5. The number of amides is 1. The van der Waals surface area contributed by atoms with E-state index in [4.69, 9.17) is 9.47 Å². The van der Waals surface area contributed by atoms with Crippen LogP contribution in [0.2, 0.25) is 0 Å². The van der Waals surface area contributed by atoms with Crippen LogP contribution in [0.3, 0.4) is 0 Å². The van der Waals surface area contributed by atoms with E-state index in [-0.39, 0.29) is 23.4 Å². The van der Waals surface area contributed by atoms with Gasteiger partial charge in [-0.25, -0.2) is 0 Å². The molecule has 0 saturated carbocycles. The fraction of sp³-hybridized carbons (Fsp3) is 0.526. The Kier molecular flexibility index (Phi) is 4.30. The zero-order valence-electron chi connectivity index (χ0n) is 15.1. The van der Waals surface area contributed by atoms with Gasteiger partial charge in [0.15, 0.2) is 0 Å². The number of likely N-dealkylation sites (N-methyl/N-ethyl adjacent to an activating group) is 1. The van der Waals surface area contributed by atoms with Gasteiger partial charge in [0.2, 0.25) is 5.91 Å². The van der Waals surface area contributed by atoms with Crippen LogP contribution in [0, 0.1) is 5.92 Å². The predicted molar refractivity (Wildman–Crippen MR) is 94.3 cm³/mol. The van der Waals surface area contributed by atoms with Crippen LogP contribution in [0.1, 0.15) is 26.3 Å². The Hall–Kier alpha value is -2.01. The average molecular weight is 330 g/mol. The lowest BCUT2D eigenvalue weighted by Crippen LogP contribution is -2.51. The van der Waals surface area contributed by atoms with Crippen LogP contribution in [0.15, 0.2) is 24.3 Å². The molecule has 1 aromatic carbocycles. The second-order valence-electron chi connectivity index (χ2n) is 7.60. The minimum atomic E-state index is -0.234. The molecule has 130 valence electrons. The first kappa shape index (κ1) is 16.8. The number of rotatable bonds is 2. The number of carbonyl (C=O) groups excluding carboxylic acids is 1. The number of methoxy groups -OCH3 is 1. The van der Waals surface area contributed by atoms with Crippen molar-refractivity contribution in [3.05, 3.63) is 29.8 Å². The van der Waals surface area contributed by atoms with Crippen LogP contribution in [0.5, 0.6) is 11.5 Å². The zero-order valence-corrected chi connectivity index (χ0v) is 15.1. The van der Waals surface area contributed by atoms with Crippen molar-refractivity contribution < 1.29 is 14.3 Å². The molecular formula is C19H26N2O3. The van der Waals surface area contributed by atoms with Crippen molar-refractivity contribution in [1.82, 2.24) is 10.2 Å². The Morgan fingerprint density at radius 1 is 1.38 bits per heavy atom. The standard InChI is InChI=1S/C19H26N2O3/c1-19(2,3)20-18(22)12-8-14-15-9-13(23-5)6-7-17(15)24-11-16(14)21(4)10-12/h6-9,12,16H,10-11H2,1-5H3,(H,20,22)/t12-,16-/m0/s1. The topological polar surface area (TPSA) is 50.8 Å². The lowest BCUT2D eigenvalue weighted by Gasteiger charge is -2.40. The predicted octanol–water partition coefficient (Wildman–Crippen LogP) is 2.32. The molecule has 0 saturated heterocycles. The highest BCUT2D eigenvalue weighted by Crippen LogP contribution is 2.40. The number of benzene rings is 1. The minimum absolute atomic E-state index is 0.0660. The van der Waals surface area contributed by atoms with Crippen LogP contribution in [0.4, 0.5) is 0 Å². The molecule has 5 heteroatoms. The molecule has 3 rings (SSSR count). The molecule has 0 aliphatic carbocycles. The molecule has 2 atom stereocenters. The number of hydrogen-bond donors (Lipinski definition) is 1. The van der Waals surface area contributed by atoms with Crippen molar-refractivity contribution in [2.45, 2.75) is 32.4 Å². The summed E-state index contributed by atoms with van der Waals surface area (Å²) in [6.45, 7) is 7.31. The summed E-state index contributed by atoms with van der Waals surface area (Å²) in [6, 6.07) is 5.99. The molecule has 2 aliphatic rings. The first-order valence-corrected chi connectivity index (χ1v) is 8.33. The third-order valence-electron chi connectivity index (χ3n) is 4.49. The Morgan fingerprint density at radius 3 is 2.79 bits per heavy atom. The van der Waals surface area contributed by atoms with Crippen molar-refractivity contribution in [3.8, 4) is 11.5 Å². The fourth-order valence-electron chi connectivity index (χ4n) is 3.32. The highest BCUT2D eigenvalue weighted by Gasteiger charge is 2.36. The second-order valence-corrected chi connectivity index (χ2v) is 7.60. The number of nitrogens with one attached hydrogen (secondary N) is 1. The number of hydrogen-bond acceptors (Lipinski definition) is 4. The molecule has 24 heavy (non-hydrogen) atoms. The maximum Gasteiger partial charge on any atom is 0.228 e. The summed E-state index contributed by atoms with van der Waals surface area (Å²) in [7, 11) is 3.70. The normalized spacial score (nSPS) is 23.5. The van der Waals surface area contributed by atoms with E-state index in [0.717, 1.165) is 22.6 Å². The molecule has 2 heterocycles. The molecular weight excluding hydrogens is 304 g/mol. The van der Waals surface area contributed by atoms with Crippen LogP contribution in [-0.2, 0) is 4.79 Å². The van der Waals surface area contributed by atoms with Gasteiger partial charge in [-0.2, -0.15) is 0 Å². The van der Waals surface area contributed by atoms with E-state index in [1.54, 1.807) is 7.11 Å². The number of ether oxygens (including phenoxy) is 2. The SMILES string of the molecule is COc1ccc2c(c1)C1=C[C@H](C(=O)NC(C)(C)C)CN(C)[C@H]1CO2. The molecule has 5 nitrogen and oxygen atoms in total. The van der Waals surface area contributed by atoms with Crippen molar-refractivity contribution >= 4 is 11.5 Å². The summed E-state index contributed by atoms with van der Waals surface area (Å²) in [6.07, 6.45) is 2.10. The van der Waals surface area contributed by atoms with E-state index in [9.17, 15) is 4.79 Å². The van der Waals surface area contributed by atoms with Gasteiger partial charge in [0, 0.05) is 17.6 Å². The van der Waals surface area contributed by atoms with Gasteiger partial charge in [-0.3, -0.25) is 9.69 Å². The van der Waals surface area contributed by atoms with E-state index in [2.05, 4.69) is 16.3 Å². The molecule has 0 bridgehead atoms. The highest BCUT2D eigenvalue weighted by atomic mass is 16.5. The first-order valence-electron chi connectivity index (χ1n) is 8.33. The van der Waals surface area contributed by atoms with Gasteiger partial charge in [-0.1, -0.05) is 6.08 Å². The third kappa shape index (κ3) is 3.26. The molecule has 2 aliphatic heterocycles. The summed E-state index contributed by atoms with van der Waals surface area (Å²) in [5.41, 5.74) is 1.94. The largest absolute Gasteiger partial charge is 0.497 e. The van der Waals surface area contributed by atoms with Crippen molar-refractivity contribution in [2.75, 3.05) is 27.3 Å². The van der Waals surface area contributed by atoms with Crippen LogP contribution in [-0.4, -0.2) is 49.7 Å². The molecule has 0 unspecified atom stereocenters.